The second-order valence-electron chi connectivity index (χ2n) is 6.58. The molecule has 0 unspecified atom stereocenters. The Morgan fingerprint density at radius 2 is 2.00 bits per heavy atom. The van der Waals surface area contributed by atoms with E-state index in [0.717, 1.165) is 5.69 Å². The number of carbonyl (C=O) groups is 2. The average molecular weight is 356 g/mol. The van der Waals surface area contributed by atoms with Crippen molar-refractivity contribution in [3.63, 3.8) is 0 Å². The van der Waals surface area contributed by atoms with Gasteiger partial charge in [-0.2, -0.15) is 0 Å². The smallest absolute Gasteiger partial charge is 0.270 e. The Morgan fingerprint density at radius 3 is 2.58 bits per heavy atom. The fraction of sp³-hybridized carbons (Fsp3) is 0.389. The van der Waals surface area contributed by atoms with Gasteiger partial charge in [0.25, 0.3) is 5.91 Å². The molecule has 0 saturated carbocycles. The number of nitrogens with one attached hydrogen (secondary N) is 2. The van der Waals surface area contributed by atoms with E-state index in [1.807, 2.05) is 12.1 Å². The number of benzene rings is 1. The number of hydrogen-bond acceptors (Lipinski definition) is 6. The summed E-state index contributed by atoms with van der Waals surface area (Å²) in [6, 6.07) is 5.42. The number of nitrogens with zero attached hydrogens (tertiary/aromatic N) is 2. The minimum absolute atomic E-state index is 0.236. The summed E-state index contributed by atoms with van der Waals surface area (Å²) in [5.41, 5.74) is 13.3. The van der Waals surface area contributed by atoms with Crippen LogP contribution in [-0.4, -0.2) is 43.2 Å². The van der Waals surface area contributed by atoms with Crippen LogP contribution in [-0.2, 0) is 9.59 Å². The van der Waals surface area contributed by atoms with Gasteiger partial charge in [0.05, 0.1) is 11.4 Å². The maximum atomic E-state index is 12.4. The zero-order chi connectivity index (χ0) is 18.7. The predicted octanol–water partition coefficient (Wildman–Crippen LogP) is 0.609. The van der Waals surface area contributed by atoms with Gasteiger partial charge in [0, 0.05) is 31.4 Å². The summed E-state index contributed by atoms with van der Waals surface area (Å²) in [4.78, 5) is 30.4. The number of rotatable bonds is 5. The van der Waals surface area contributed by atoms with Gasteiger partial charge in [0.2, 0.25) is 5.91 Å². The molecule has 0 aliphatic carbocycles. The molecule has 6 N–H and O–H groups in total. The molecule has 0 aromatic heterocycles. The molecule has 0 radical (unpaired) electrons. The van der Waals surface area contributed by atoms with Crippen molar-refractivity contribution in [2.24, 2.45) is 10.7 Å². The number of amides is 2. The SMILES string of the molecule is CNC1(C(N)=O)CCN(c2ccc(N)cc2NC(=O)C2=NC=CC2)CC1. The number of likely N-dealkylation sites (N-methyl/N-ethyl adjacent to an activating group) is 1. The second kappa shape index (κ2) is 7.17. The highest BCUT2D eigenvalue weighted by Gasteiger charge is 2.38. The van der Waals surface area contributed by atoms with Crippen LogP contribution in [0.3, 0.4) is 0 Å². The Hall–Kier alpha value is -2.87. The first-order chi connectivity index (χ1) is 12.4. The first-order valence-electron chi connectivity index (χ1n) is 8.61. The van der Waals surface area contributed by atoms with Crippen LogP contribution in [0.5, 0.6) is 0 Å². The number of carbonyl (C=O) groups excluding carboxylic acids is 2. The van der Waals surface area contributed by atoms with E-state index < -0.39 is 5.54 Å². The van der Waals surface area contributed by atoms with Crippen LogP contribution in [0.2, 0.25) is 0 Å². The van der Waals surface area contributed by atoms with Crippen molar-refractivity contribution in [3.8, 4) is 0 Å². The summed E-state index contributed by atoms with van der Waals surface area (Å²) < 4.78 is 0. The van der Waals surface area contributed by atoms with Crippen molar-refractivity contribution in [2.45, 2.75) is 24.8 Å². The maximum absolute atomic E-state index is 12.4. The van der Waals surface area contributed by atoms with Gasteiger partial charge in [-0.15, -0.1) is 0 Å². The Morgan fingerprint density at radius 1 is 1.27 bits per heavy atom. The Labute approximate surface area is 152 Å². The van der Waals surface area contributed by atoms with Crippen LogP contribution in [0.15, 0.2) is 35.5 Å². The molecule has 2 aliphatic rings. The van der Waals surface area contributed by atoms with Gasteiger partial charge in [0.15, 0.2) is 0 Å². The Balaban J connectivity index is 1.78. The number of nitrogens with two attached hydrogens (primary N) is 2. The third-order valence-corrected chi connectivity index (χ3v) is 5.09. The molecule has 2 aliphatic heterocycles. The number of primary amides is 1. The number of anilines is 3. The van der Waals surface area contributed by atoms with Crippen molar-refractivity contribution in [1.29, 1.82) is 0 Å². The van der Waals surface area contributed by atoms with E-state index >= 15 is 0 Å². The third-order valence-electron chi connectivity index (χ3n) is 5.09. The average Bonchev–Trinajstić information content (AvgIpc) is 3.17. The van der Waals surface area contributed by atoms with E-state index in [4.69, 9.17) is 11.5 Å². The van der Waals surface area contributed by atoms with E-state index in [-0.39, 0.29) is 11.8 Å². The topological polar surface area (TPSA) is 126 Å². The van der Waals surface area contributed by atoms with Crippen LogP contribution in [0.1, 0.15) is 19.3 Å². The normalized spacial score (nSPS) is 18.5. The molecular formula is C18H24N6O2. The molecular weight excluding hydrogens is 332 g/mol. The molecule has 26 heavy (non-hydrogen) atoms. The lowest BCUT2D eigenvalue weighted by atomic mass is 9.86. The van der Waals surface area contributed by atoms with Gasteiger partial charge >= 0.3 is 0 Å². The number of hydrogen-bond donors (Lipinski definition) is 4. The van der Waals surface area contributed by atoms with Crippen LogP contribution in [0.25, 0.3) is 0 Å². The molecule has 1 aromatic rings. The molecule has 1 aromatic carbocycles. The monoisotopic (exact) mass is 356 g/mol. The Bertz CT molecular complexity index is 778. The third kappa shape index (κ3) is 3.41. The summed E-state index contributed by atoms with van der Waals surface area (Å²) in [5.74, 6) is -0.571. The van der Waals surface area contributed by atoms with Crippen molar-refractivity contribution >= 4 is 34.6 Å². The lowest BCUT2D eigenvalue weighted by Crippen LogP contribution is -2.59. The van der Waals surface area contributed by atoms with Crippen molar-refractivity contribution in [1.82, 2.24) is 5.32 Å². The van der Waals surface area contributed by atoms with Gasteiger partial charge in [-0.05, 0) is 38.1 Å². The first-order valence-corrected chi connectivity index (χ1v) is 8.61. The van der Waals surface area contributed by atoms with E-state index in [9.17, 15) is 9.59 Å². The molecule has 8 heteroatoms. The number of allylic oxidation sites excluding steroid dienone is 1. The quantitative estimate of drug-likeness (QED) is 0.575. The molecule has 0 spiro atoms. The second-order valence-corrected chi connectivity index (χ2v) is 6.58. The molecule has 3 rings (SSSR count). The highest BCUT2D eigenvalue weighted by molar-refractivity contribution is 6.44. The van der Waals surface area contributed by atoms with Crippen molar-refractivity contribution in [2.75, 3.05) is 36.1 Å². The molecule has 2 heterocycles. The van der Waals surface area contributed by atoms with E-state index in [0.29, 0.717) is 49.4 Å². The van der Waals surface area contributed by atoms with E-state index in [1.54, 1.807) is 25.4 Å². The molecule has 2 amide bonds. The summed E-state index contributed by atoms with van der Waals surface area (Å²) in [5, 5.41) is 5.98. The van der Waals surface area contributed by atoms with Gasteiger partial charge in [-0.3, -0.25) is 14.6 Å². The summed E-state index contributed by atoms with van der Waals surface area (Å²) >= 11 is 0. The molecule has 1 saturated heterocycles. The largest absolute Gasteiger partial charge is 0.399 e. The van der Waals surface area contributed by atoms with E-state index in [2.05, 4.69) is 20.5 Å². The number of aliphatic imine (C=N–C) groups is 1. The number of nitrogen functional groups attached to an aromatic ring is 1. The molecule has 0 atom stereocenters. The predicted molar refractivity (Wildman–Crippen MR) is 103 cm³/mol. The molecule has 8 nitrogen and oxygen atoms in total. The standard InChI is InChI=1S/C18H24N6O2/c1-21-18(17(20)26)6-9-24(10-7-18)15-5-4-12(19)11-14(15)23-16(25)13-3-2-8-22-13/h2,4-5,8,11,21H,3,6-7,9-10,19H2,1H3,(H2,20,26)(H,23,25). The lowest BCUT2D eigenvalue weighted by Gasteiger charge is -2.41. The minimum Gasteiger partial charge on any atom is -0.399 e. The van der Waals surface area contributed by atoms with Gasteiger partial charge in [-0.25, -0.2) is 0 Å². The molecule has 1 fully saturated rings. The fourth-order valence-electron chi connectivity index (χ4n) is 3.38. The van der Waals surface area contributed by atoms with Crippen molar-refractivity contribution < 1.29 is 9.59 Å². The van der Waals surface area contributed by atoms with Gasteiger partial charge in [-0.1, -0.05) is 6.08 Å². The zero-order valence-electron chi connectivity index (χ0n) is 14.8. The minimum atomic E-state index is -0.683. The van der Waals surface area contributed by atoms with Gasteiger partial charge in [0.1, 0.15) is 11.3 Å². The van der Waals surface area contributed by atoms with Crippen LogP contribution < -0.4 is 27.0 Å². The maximum Gasteiger partial charge on any atom is 0.270 e. The van der Waals surface area contributed by atoms with Crippen LogP contribution >= 0.6 is 0 Å². The van der Waals surface area contributed by atoms with Gasteiger partial charge < -0.3 is 27.0 Å². The lowest BCUT2D eigenvalue weighted by molar-refractivity contribution is -0.125. The summed E-state index contributed by atoms with van der Waals surface area (Å²) in [6.07, 6.45) is 5.17. The zero-order valence-corrected chi connectivity index (χ0v) is 14.8. The summed E-state index contributed by atoms with van der Waals surface area (Å²) in [7, 11) is 1.76. The van der Waals surface area contributed by atoms with Crippen LogP contribution in [0.4, 0.5) is 17.1 Å². The summed E-state index contributed by atoms with van der Waals surface area (Å²) in [6.45, 7) is 1.28. The molecule has 0 bridgehead atoms. The van der Waals surface area contributed by atoms with Crippen LogP contribution in [0, 0.1) is 0 Å². The highest BCUT2D eigenvalue weighted by Crippen LogP contribution is 2.33. The fourth-order valence-corrected chi connectivity index (χ4v) is 3.38. The Kier molecular flexibility index (Phi) is 4.94. The van der Waals surface area contributed by atoms with Crippen molar-refractivity contribution in [3.05, 3.63) is 30.5 Å². The highest BCUT2D eigenvalue weighted by atomic mass is 16.2. The van der Waals surface area contributed by atoms with E-state index in [1.165, 1.54) is 0 Å². The number of piperidine rings is 1. The molecule has 138 valence electrons. The first kappa shape index (κ1) is 17.9.